The van der Waals surface area contributed by atoms with Crippen LogP contribution in [0.25, 0.3) is 0 Å². The van der Waals surface area contributed by atoms with Crippen molar-refractivity contribution in [3.8, 4) is 0 Å². The summed E-state index contributed by atoms with van der Waals surface area (Å²) in [4.78, 5) is 13.4. The third-order valence-electron chi connectivity index (χ3n) is 2.73. The molecule has 1 rings (SSSR count). The number of likely N-dealkylation sites (tertiary alicyclic amines) is 1. The van der Waals surface area contributed by atoms with E-state index < -0.39 is 0 Å². The minimum Gasteiger partial charge on any atom is -0.338 e. The molecule has 0 aromatic rings. The first kappa shape index (κ1) is 12.2. The van der Waals surface area contributed by atoms with Crippen molar-refractivity contribution in [1.29, 1.82) is 0 Å². The summed E-state index contributed by atoms with van der Waals surface area (Å²) in [7, 11) is 0. The fourth-order valence-electron chi connectivity index (χ4n) is 2.08. The molecule has 1 aliphatic rings. The van der Waals surface area contributed by atoms with E-state index in [1.165, 1.54) is 18.9 Å². The van der Waals surface area contributed by atoms with Crippen LogP contribution in [0.2, 0.25) is 0 Å². The number of nitrogens with zero attached hydrogens (tertiary/aromatic N) is 1. The highest BCUT2D eigenvalue weighted by Crippen LogP contribution is 2.11. The Balaban J connectivity index is 2.52. The van der Waals surface area contributed by atoms with E-state index in [-0.39, 0.29) is 5.91 Å². The quantitative estimate of drug-likeness (QED) is 0.717. The van der Waals surface area contributed by atoms with Crippen LogP contribution in [-0.2, 0) is 4.79 Å². The fourth-order valence-corrected chi connectivity index (χ4v) is 2.08. The third kappa shape index (κ3) is 4.04. The summed E-state index contributed by atoms with van der Waals surface area (Å²) in [6.45, 7) is 9.53. The van der Waals surface area contributed by atoms with Crippen LogP contribution in [-0.4, -0.2) is 36.0 Å². The molecule has 1 saturated heterocycles. The number of rotatable bonds is 3. The molecule has 1 unspecified atom stereocenters. The van der Waals surface area contributed by atoms with Crippen LogP contribution in [0.3, 0.4) is 0 Å². The molecule has 0 aliphatic carbocycles. The highest BCUT2D eigenvalue weighted by atomic mass is 16.2. The zero-order chi connectivity index (χ0) is 11.3. The number of carbonyl (C=O) groups is 1. The van der Waals surface area contributed by atoms with Gasteiger partial charge in [0.15, 0.2) is 0 Å². The van der Waals surface area contributed by atoms with Gasteiger partial charge in [0, 0.05) is 25.2 Å². The molecule has 1 heterocycles. The summed E-state index contributed by atoms with van der Waals surface area (Å²) < 4.78 is 0. The van der Waals surface area contributed by atoms with Gasteiger partial charge in [0.1, 0.15) is 0 Å². The van der Waals surface area contributed by atoms with Gasteiger partial charge in [-0.3, -0.25) is 4.79 Å². The number of hydrogen-bond acceptors (Lipinski definition) is 2. The molecule has 0 aromatic heterocycles. The first-order valence-electron chi connectivity index (χ1n) is 5.81. The van der Waals surface area contributed by atoms with Crippen molar-refractivity contribution in [2.24, 2.45) is 0 Å². The van der Waals surface area contributed by atoms with Gasteiger partial charge in [0.2, 0.25) is 5.91 Å². The number of nitrogens with one attached hydrogen (secondary N) is 1. The van der Waals surface area contributed by atoms with Crippen molar-refractivity contribution in [2.75, 3.05) is 13.1 Å². The van der Waals surface area contributed by atoms with Crippen LogP contribution in [0, 0.1) is 0 Å². The molecule has 1 N–H and O–H groups in total. The topological polar surface area (TPSA) is 32.3 Å². The van der Waals surface area contributed by atoms with Crippen LogP contribution in [0.1, 0.15) is 33.1 Å². The zero-order valence-corrected chi connectivity index (χ0v) is 9.83. The minimum atomic E-state index is 0.0625. The lowest BCUT2D eigenvalue weighted by molar-refractivity contribution is -0.126. The molecule has 0 bridgehead atoms. The number of hydrogen-bond donors (Lipinski definition) is 1. The highest BCUT2D eigenvalue weighted by Gasteiger charge is 2.20. The van der Waals surface area contributed by atoms with Crippen LogP contribution < -0.4 is 5.32 Å². The third-order valence-corrected chi connectivity index (χ3v) is 2.73. The molecule has 1 fully saturated rings. The van der Waals surface area contributed by atoms with Gasteiger partial charge in [-0.2, -0.15) is 0 Å². The Morgan fingerprint density at radius 3 is 2.87 bits per heavy atom. The molecular weight excluding hydrogens is 188 g/mol. The first-order chi connectivity index (χ1) is 7.13. The molecule has 0 saturated carbocycles. The second-order valence-electron chi connectivity index (χ2n) is 4.50. The summed E-state index contributed by atoms with van der Waals surface area (Å²) >= 11 is 0. The van der Waals surface area contributed by atoms with Crippen LogP contribution >= 0.6 is 0 Å². The highest BCUT2D eigenvalue weighted by molar-refractivity contribution is 5.87. The second-order valence-corrected chi connectivity index (χ2v) is 4.50. The van der Waals surface area contributed by atoms with Gasteiger partial charge in [-0.1, -0.05) is 26.8 Å². The molecule has 1 aliphatic heterocycles. The van der Waals surface area contributed by atoms with Gasteiger partial charge >= 0.3 is 0 Å². The second kappa shape index (κ2) is 5.91. The molecule has 1 atom stereocenters. The van der Waals surface area contributed by atoms with Crippen molar-refractivity contribution < 1.29 is 4.79 Å². The van der Waals surface area contributed by atoms with Gasteiger partial charge < -0.3 is 10.2 Å². The lowest BCUT2D eigenvalue weighted by atomic mass is 10.1. The maximum atomic E-state index is 11.5. The Morgan fingerprint density at radius 2 is 2.27 bits per heavy atom. The molecule has 3 heteroatoms. The Kier molecular flexibility index (Phi) is 4.82. The molecule has 86 valence electrons. The molecule has 0 radical (unpaired) electrons. The van der Waals surface area contributed by atoms with E-state index >= 15 is 0 Å². The molecular formula is C12H22N2O. The minimum absolute atomic E-state index is 0.0625. The zero-order valence-electron chi connectivity index (χ0n) is 9.83. The van der Waals surface area contributed by atoms with Crippen LogP contribution in [0.4, 0.5) is 0 Å². The summed E-state index contributed by atoms with van der Waals surface area (Å²) in [6.07, 6.45) is 4.89. The van der Waals surface area contributed by atoms with Crippen LogP contribution in [0.15, 0.2) is 12.7 Å². The SMILES string of the molecule is C=CC(=O)N1CCCCC(NC(C)C)C1. The van der Waals surface area contributed by atoms with Crippen molar-refractivity contribution in [3.63, 3.8) is 0 Å². The van der Waals surface area contributed by atoms with Crippen molar-refractivity contribution in [2.45, 2.75) is 45.2 Å². The summed E-state index contributed by atoms with van der Waals surface area (Å²) in [5.74, 6) is 0.0625. The van der Waals surface area contributed by atoms with E-state index in [1.807, 2.05) is 4.90 Å². The predicted octanol–water partition coefficient (Wildman–Crippen LogP) is 1.55. The molecule has 15 heavy (non-hydrogen) atoms. The Morgan fingerprint density at radius 1 is 1.53 bits per heavy atom. The number of amides is 1. The average Bonchev–Trinajstić information content (AvgIpc) is 2.41. The van der Waals surface area contributed by atoms with E-state index in [0.717, 1.165) is 19.5 Å². The summed E-state index contributed by atoms with van der Waals surface area (Å²) in [5, 5.41) is 3.50. The monoisotopic (exact) mass is 210 g/mol. The molecule has 0 spiro atoms. The van der Waals surface area contributed by atoms with E-state index in [0.29, 0.717) is 12.1 Å². The lowest BCUT2D eigenvalue weighted by Crippen LogP contribution is -2.44. The molecule has 3 nitrogen and oxygen atoms in total. The van der Waals surface area contributed by atoms with Crippen LogP contribution in [0.5, 0.6) is 0 Å². The maximum Gasteiger partial charge on any atom is 0.246 e. The van der Waals surface area contributed by atoms with E-state index in [4.69, 9.17) is 0 Å². The van der Waals surface area contributed by atoms with Gasteiger partial charge in [-0.05, 0) is 18.9 Å². The largest absolute Gasteiger partial charge is 0.338 e. The first-order valence-corrected chi connectivity index (χ1v) is 5.81. The van der Waals surface area contributed by atoms with E-state index in [9.17, 15) is 4.79 Å². The van der Waals surface area contributed by atoms with E-state index in [2.05, 4.69) is 25.7 Å². The van der Waals surface area contributed by atoms with Crippen molar-refractivity contribution in [3.05, 3.63) is 12.7 Å². The Labute approximate surface area is 92.5 Å². The van der Waals surface area contributed by atoms with Gasteiger partial charge in [0.25, 0.3) is 0 Å². The maximum absolute atomic E-state index is 11.5. The van der Waals surface area contributed by atoms with Crippen molar-refractivity contribution >= 4 is 5.91 Å². The molecule has 1 amide bonds. The Bertz CT molecular complexity index is 226. The number of carbonyl (C=O) groups excluding carboxylic acids is 1. The normalized spacial score (nSPS) is 22.6. The summed E-state index contributed by atoms with van der Waals surface area (Å²) in [6, 6.07) is 0.921. The standard InChI is InChI=1S/C12H22N2O/c1-4-12(15)14-8-6-5-7-11(9-14)13-10(2)3/h4,10-11,13H,1,5-9H2,2-3H3. The van der Waals surface area contributed by atoms with E-state index in [1.54, 1.807) is 0 Å². The molecule has 0 aromatic carbocycles. The van der Waals surface area contributed by atoms with Gasteiger partial charge in [-0.15, -0.1) is 0 Å². The smallest absolute Gasteiger partial charge is 0.246 e. The predicted molar refractivity (Wildman–Crippen MR) is 62.7 cm³/mol. The van der Waals surface area contributed by atoms with Gasteiger partial charge in [0.05, 0.1) is 0 Å². The lowest BCUT2D eigenvalue weighted by Gasteiger charge is -2.25. The summed E-state index contributed by atoms with van der Waals surface area (Å²) in [5.41, 5.74) is 0. The van der Waals surface area contributed by atoms with Gasteiger partial charge in [-0.25, -0.2) is 0 Å². The average molecular weight is 210 g/mol. The Hall–Kier alpha value is -0.830. The fraction of sp³-hybridized carbons (Fsp3) is 0.750. The van der Waals surface area contributed by atoms with Crippen molar-refractivity contribution in [1.82, 2.24) is 10.2 Å².